The highest BCUT2D eigenvalue weighted by atomic mass is 32.1. The minimum Gasteiger partial charge on any atom is -0.481 e. The number of nitrogens with zero attached hydrogens (tertiary/aromatic N) is 1. The Morgan fingerprint density at radius 1 is 1.37 bits per heavy atom. The third-order valence-electron chi connectivity index (χ3n) is 4.31. The van der Waals surface area contributed by atoms with Crippen LogP contribution in [-0.4, -0.2) is 34.5 Å². The molecular weight excluding hydrogens is 262 g/mol. The third-order valence-corrected chi connectivity index (χ3v) is 5.30. The van der Waals surface area contributed by atoms with Crippen LogP contribution in [0.25, 0.3) is 0 Å². The standard InChI is InChI=1S/C14H17NO3S/c1-8-2-5-12(19-8)13(16)15-7-9-3-4-11(15)10(6-9)14(17)18/h2,5,9-11H,3-4,6-7H2,1H3,(H,17,18). The number of thiophene rings is 1. The van der Waals surface area contributed by atoms with Crippen LogP contribution in [-0.2, 0) is 4.79 Å². The number of amides is 1. The Morgan fingerprint density at radius 3 is 2.74 bits per heavy atom. The first-order valence-electron chi connectivity index (χ1n) is 6.66. The predicted molar refractivity (Wildman–Crippen MR) is 72.3 cm³/mol. The lowest BCUT2D eigenvalue weighted by Gasteiger charge is -2.48. The van der Waals surface area contributed by atoms with Gasteiger partial charge in [-0.2, -0.15) is 0 Å². The second-order valence-corrected chi connectivity index (χ2v) is 6.85. The normalized spacial score (nSPS) is 29.5. The zero-order valence-electron chi connectivity index (χ0n) is 10.8. The van der Waals surface area contributed by atoms with E-state index in [4.69, 9.17) is 0 Å². The fourth-order valence-electron chi connectivity index (χ4n) is 3.38. The largest absolute Gasteiger partial charge is 0.481 e. The number of rotatable bonds is 2. The molecule has 4 rings (SSSR count). The van der Waals surface area contributed by atoms with Crippen molar-refractivity contribution in [1.29, 1.82) is 0 Å². The first-order chi connectivity index (χ1) is 9.06. The van der Waals surface area contributed by atoms with Gasteiger partial charge in [-0.15, -0.1) is 11.3 Å². The molecule has 3 unspecified atom stereocenters. The molecule has 5 heteroatoms. The maximum atomic E-state index is 12.5. The van der Waals surface area contributed by atoms with E-state index in [1.807, 2.05) is 24.0 Å². The van der Waals surface area contributed by atoms with Crippen molar-refractivity contribution in [3.63, 3.8) is 0 Å². The molecule has 1 N–H and O–H groups in total. The molecule has 19 heavy (non-hydrogen) atoms. The number of carboxylic acids is 1. The van der Waals surface area contributed by atoms with Gasteiger partial charge in [0.25, 0.3) is 5.91 Å². The molecule has 1 saturated carbocycles. The van der Waals surface area contributed by atoms with E-state index >= 15 is 0 Å². The highest BCUT2D eigenvalue weighted by molar-refractivity contribution is 7.13. The smallest absolute Gasteiger partial charge is 0.308 e. The van der Waals surface area contributed by atoms with E-state index < -0.39 is 5.97 Å². The highest BCUT2D eigenvalue weighted by Crippen LogP contribution is 2.40. The molecule has 1 aliphatic carbocycles. The van der Waals surface area contributed by atoms with Gasteiger partial charge in [0.2, 0.25) is 0 Å². The minimum absolute atomic E-state index is 0.0127. The molecule has 1 aromatic rings. The zero-order chi connectivity index (χ0) is 13.6. The summed E-state index contributed by atoms with van der Waals surface area (Å²) in [6.07, 6.45) is 2.62. The van der Waals surface area contributed by atoms with Crippen molar-refractivity contribution >= 4 is 23.2 Å². The summed E-state index contributed by atoms with van der Waals surface area (Å²) in [5, 5.41) is 9.30. The predicted octanol–water partition coefficient (Wildman–Crippen LogP) is 2.38. The summed E-state index contributed by atoms with van der Waals surface area (Å²) in [5.41, 5.74) is 0. The molecule has 2 aliphatic heterocycles. The average Bonchev–Trinajstić information content (AvgIpc) is 2.85. The molecule has 0 radical (unpaired) electrons. The Hall–Kier alpha value is -1.36. The van der Waals surface area contributed by atoms with Gasteiger partial charge in [-0.1, -0.05) is 0 Å². The summed E-state index contributed by atoms with van der Waals surface area (Å²) in [7, 11) is 0. The van der Waals surface area contributed by atoms with Crippen LogP contribution in [0, 0.1) is 18.8 Å². The molecule has 0 aromatic carbocycles. The van der Waals surface area contributed by atoms with Crippen LogP contribution in [0.4, 0.5) is 0 Å². The fraction of sp³-hybridized carbons (Fsp3) is 0.571. The Morgan fingerprint density at radius 2 is 2.16 bits per heavy atom. The van der Waals surface area contributed by atoms with E-state index in [0.717, 1.165) is 35.6 Å². The topological polar surface area (TPSA) is 57.6 Å². The van der Waals surface area contributed by atoms with E-state index in [-0.39, 0.29) is 17.9 Å². The Labute approximate surface area is 116 Å². The van der Waals surface area contributed by atoms with Crippen molar-refractivity contribution in [2.24, 2.45) is 11.8 Å². The Kier molecular flexibility index (Phi) is 3.09. The molecule has 4 nitrogen and oxygen atoms in total. The molecule has 102 valence electrons. The maximum Gasteiger partial charge on any atom is 0.308 e. The summed E-state index contributed by atoms with van der Waals surface area (Å²) in [5.74, 6) is -0.762. The summed E-state index contributed by atoms with van der Waals surface area (Å²) >= 11 is 1.49. The fourth-order valence-corrected chi connectivity index (χ4v) is 4.21. The van der Waals surface area contributed by atoms with Gasteiger partial charge in [0.15, 0.2) is 0 Å². The molecular formula is C14H17NO3S. The second-order valence-electron chi connectivity index (χ2n) is 5.56. The summed E-state index contributed by atoms with van der Waals surface area (Å²) in [6, 6.07) is 3.67. The maximum absolute atomic E-state index is 12.5. The van der Waals surface area contributed by atoms with Crippen LogP contribution in [0.3, 0.4) is 0 Å². The number of carboxylic acid groups (broad SMARTS) is 1. The van der Waals surface area contributed by atoms with Crippen LogP contribution in [0.5, 0.6) is 0 Å². The molecule has 1 aromatic heterocycles. The third kappa shape index (κ3) is 2.16. The monoisotopic (exact) mass is 279 g/mol. The zero-order valence-corrected chi connectivity index (χ0v) is 11.7. The van der Waals surface area contributed by atoms with Gasteiger partial charge in [-0.05, 0) is 44.2 Å². The van der Waals surface area contributed by atoms with Crippen molar-refractivity contribution < 1.29 is 14.7 Å². The van der Waals surface area contributed by atoms with Gasteiger partial charge in [0.1, 0.15) is 0 Å². The SMILES string of the molecule is Cc1ccc(C(=O)N2CC3CCC2C(C(=O)O)C3)s1. The molecule has 3 aliphatic rings. The van der Waals surface area contributed by atoms with Gasteiger partial charge in [0.05, 0.1) is 10.8 Å². The highest BCUT2D eigenvalue weighted by Gasteiger charge is 2.46. The lowest BCUT2D eigenvalue weighted by molar-refractivity contribution is -0.148. The quantitative estimate of drug-likeness (QED) is 0.904. The van der Waals surface area contributed by atoms with Crippen LogP contribution in [0.1, 0.15) is 33.8 Å². The number of carbonyl (C=O) groups excluding carboxylic acids is 1. The van der Waals surface area contributed by atoms with Gasteiger partial charge < -0.3 is 10.0 Å². The summed E-state index contributed by atoms with van der Waals surface area (Å²) < 4.78 is 0. The number of hydrogen-bond donors (Lipinski definition) is 1. The number of fused-ring (bicyclic) bond motifs is 3. The first kappa shape index (κ1) is 12.7. The van der Waals surface area contributed by atoms with Gasteiger partial charge in [0, 0.05) is 17.5 Å². The molecule has 0 spiro atoms. The Balaban J connectivity index is 1.85. The van der Waals surface area contributed by atoms with E-state index in [1.54, 1.807) is 0 Å². The van der Waals surface area contributed by atoms with E-state index in [1.165, 1.54) is 11.3 Å². The lowest BCUT2D eigenvalue weighted by Crippen LogP contribution is -2.57. The van der Waals surface area contributed by atoms with Crippen LogP contribution in [0.2, 0.25) is 0 Å². The number of hydrogen-bond acceptors (Lipinski definition) is 3. The second kappa shape index (κ2) is 4.63. The Bertz CT molecular complexity index is 525. The van der Waals surface area contributed by atoms with Gasteiger partial charge >= 0.3 is 5.97 Å². The molecule has 3 fully saturated rings. The number of carbonyl (C=O) groups is 2. The van der Waals surface area contributed by atoms with Gasteiger partial charge in [-0.25, -0.2) is 0 Å². The van der Waals surface area contributed by atoms with Crippen LogP contribution in [0.15, 0.2) is 12.1 Å². The van der Waals surface area contributed by atoms with Crippen molar-refractivity contribution in [1.82, 2.24) is 4.90 Å². The summed E-state index contributed by atoms with van der Waals surface area (Å²) in [6.45, 7) is 2.70. The first-order valence-corrected chi connectivity index (χ1v) is 7.48. The lowest BCUT2D eigenvalue weighted by atomic mass is 9.72. The van der Waals surface area contributed by atoms with Crippen molar-refractivity contribution in [3.05, 3.63) is 21.9 Å². The van der Waals surface area contributed by atoms with E-state index in [0.29, 0.717) is 5.92 Å². The van der Waals surface area contributed by atoms with Crippen LogP contribution < -0.4 is 0 Å². The van der Waals surface area contributed by atoms with E-state index in [2.05, 4.69) is 0 Å². The number of aliphatic carboxylic acids is 1. The van der Waals surface area contributed by atoms with Crippen molar-refractivity contribution in [2.75, 3.05) is 6.54 Å². The summed E-state index contributed by atoms with van der Waals surface area (Å²) in [4.78, 5) is 27.5. The average molecular weight is 279 g/mol. The van der Waals surface area contributed by atoms with Gasteiger partial charge in [-0.3, -0.25) is 9.59 Å². The minimum atomic E-state index is -0.755. The van der Waals surface area contributed by atoms with E-state index in [9.17, 15) is 14.7 Å². The number of aryl methyl sites for hydroxylation is 1. The van der Waals surface area contributed by atoms with Crippen LogP contribution >= 0.6 is 11.3 Å². The molecule has 1 amide bonds. The molecule has 3 heterocycles. The van der Waals surface area contributed by atoms with Crippen molar-refractivity contribution in [3.8, 4) is 0 Å². The molecule has 2 saturated heterocycles. The number of piperidine rings is 2. The molecule has 2 bridgehead atoms. The van der Waals surface area contributed by atoms with Crippen molar-refractivity contribution in [2.45, 2.75) is 32.2 Å². The molecule has 3 atom stereocenters.